The van der Waals surface area contributed by atoms with Gasteiger partial charge in [0.2, 0.25) is 0 Å². The van der Waals surface area contributed by atoms with Gasteiger partial charge in [0.05, 0.1) is 12.3 Å². The third-order valence-corrected chi connectivity index (χ3v) is 6.02. The first-order valence-corrected chi connectivity index (χ1v) is 10.5. The standard InChI is InChI=1S/C26H25N3O2/c1-17-20(16-29(3)27-17)15-28(2)26(30)24-9-5-7-22-21(6-4-8-23(22)24)18-10-11-25-19(14-18)12-13-31-25/h4-11,14,16H,12-13,15H2,1-3H3. The average Bonchev–Trinajstić information content (AvgIpc) is 3.37. The van der Waals surface area contributed by atoms with Crippen molar-refractivity contribution >= 4 is 16.7 Å². The molecule has 1 aliphatic heterocycles. The lowest BCUT2D eigenvalue weighted by atomic mass is 9.94. The summed E-state index contributed by atoms with van der Waals surface area (Å²) >= 11 is 0. The normalized spacial score (nSPS) is 12.6. The lowest BCUT2D eigenvalue weighted by Gasteiger charge is -2.19. The molecule has 31 heavy (non-hydrogen) atoms. The first-order valence-electron chi connectivity index (χ1n) is 10.5. The molecule has 1 amide bonds. The van der Waals surface area contributed by atoms with Gasteiger partial charge in [0.1, 0.15) is 5.75 Å². The molecular weight excluding hydrogens is 386 g/mol. The van der Waals surface area contributed by atoms with Gasteiger partial charge in [0.15, 0.2) is 0 Å². The predicted octanol–water partition coefficient (Wildman–Crippen LogP) is 4.76. The van der Waals surface area contributed by atoms with Crippen LogP contribution >= 0.6 is 0 Å². The second kappa shape index (κ2) is 7.58. The van der Waals surface area contributed by atoms with Gasteiger partial charge in [-0.3, -0.25) is 9.48 Å². The zero-order valence-electron chi connectivity index (χ0n) is 18.1. The molecule has 156 valence electrons. The Bertz CT molecular complexity index is 1310. The second-order valence-electron chi connectivity index (χ2n) is 8.20. The Balaban J connectivity index is 1.52. The van der Waals surface area contributed by atoms with Gasteiger partial charge in [-0.2, -0.15) is 5.10 Å². The molecule has 1 aliphatic rings. The number of amides is 1. The summed E-state index contributed by atoms with van der Waals surface area (Å²) in [7, 11) is 3.74. The maximum atomic E-state index is 13.4. The Morgan fingerprint density at radius 1 is 1.13 bits per heavy atom. The third-order valence-electron chi connectivity index (χ3n) is 6.02. The van der Waals surface area contributed by atoms with Crippen molar-refractivity contribution < 1.29 is 9.53 Å². The zero-order chi connectivity index (χ0) is 21.5. The van der Waals surface area contributed by atoms with Crippen LogP contribution in [0.25, 0.3) is 21.9 Å². The Kier molecular flexibility index (Phi) is 4.74. The van der Waals surface area contributed by atoms with Crippen molar-refractivity contribution in [3.8, 4) is 16.9 Å². The van der Waals surface area contributed by atoms with E-state index >= 15 is 0 Å². The van der Waals surface area contributed by atoms with Crippen LogP contribution in [0.2, 0.25) is 0 Å². The number of hydrogen-bond donors (Lipinski definition) is 0. The van der Waals surface area contributed by atoms with Crippen molar-refractivity contribution in [2.24, 2.45) is 7.05 Å². The van der Waals surface area contributed by atoms with Crippen LogP contribution < -0.4 is 4.74 Å². The molecule has 0 atom stereocenters. The molecule has 0 saturated carbocycles. The molecule has 0 aliphatic carbocycles. The van der Waals surface area contributed by atoms with Crippen LogP contribution in [-0.2, 0) is 20.0 Å². The molecule has 5 nitrogen and oxygen atoms in total. The molecule has 2 heterocycles. The van der Waals surface area contributed by atoms with Gasteiger partial charge in [-0.05, 0) is 52.6 Å². The lowest BCUT2D eigenvalue weighted by Crippen LogP contribution is -2.26. The maximum absolute atomic E-state index is 13.4. The Morgan fingerprint density at radius 2 is 1.94 bits per heavy atom. The van der Waals surface area contributed by atoms with E-state index in [9.17, 15) is 4.79 Å². The van der Waals surface area contributed by atoms with E-state index in [1.807, 2.05) is 51.5 Å². The highest BCUT2D eigenvalue weighted by Crippen LogP contribution is 2.35. The van der Waals surface area contributed by atoms with Gasteiger partial charge < -0.3 is 9.64 Å². The fourth-order valence-corrected chi connectivity index (χ4v) is 4.44. The van der Waals surface area contributed by atoms with E-state index in [0.717, 1.165) is 51.9 Å². The van der Waals surface area contributed by atoms with Crippen LogP contribution in [0.5, 0.6) is 5.75 Å². The first-order chi connectivity index (χ1) is 15.0. The monoisotopic (exact) mass is 411 g/mol. The van der Waals surface area contributed by atoms with E-state index in [1.54, 1.807) is 9.58 Å². The summed E-state index contributed by atoms with van der Waals surface area (Å²) in [5.74, 6) is 0.987. The lowest BCUT2D eigenvalue weighted by molar-refractivity contribution is 0.0787. The number of ether oxygens (including phenoxy) is 1. The van der Waals surface area contributed by atoms with Gasteiger partial charge in [-0.1, -0.05) is 36.4 Å². The third kappa shape index (κ3) is 3.46. The van der Waals surface area contributed by atoms with E-state index in [0.29, 0.717) is 12.1 Å². The van der Waals surface area contributed by atoms with Crippen molar-refractivity contribution in [1.82, 2.24) is 14.7 Å². The number of carbonyl (C=O) groups is 1. The summed E-state index contributed by atoms with van der Waals surface area (Å²) in [4.78, 5) is 15.1. The topological polar surface area (TPSA) is 47.4 Å². The summed E-state index contributed by atoms with van der Waals surface area (Å²) in [6.45, 7) is 3.24. The van der Waals surface area contributed by atoms with Gasteiger partial charge in [-0.25, -0.2) is 0 Å². The first kappa shape index (κ1) is 19.4. The van der Waals surface area contributed by atoms with Crippen molar-refractivity contribution in [1.29, 1.82) is 0 Å². The summed E-state index contributed by atoms with van der Waals surface area (Å²) in [6, 6.07) is 18.5. The molecule has 0 N–H and O–H groups in total. The fraction of sp³-hybridized carbons (Fsp3) is 0.231. The maximum Gasteiger partial charge on any atom is 0.254 e. The molecular formula is C26H25N3O2. The van der Waals surface area contributed by atoms with Crippen molar-refractivity contribution in [3.63, 3.8) is 0 Å². The number of benzene rings is 3. The Labute approximate surface area is 181 Å². The summed E-state index contributed by atoms with van der Waals surface area (Å²) in [5, 5.41) is 6.44. The van der Waals surface area contributed by atoms with E-state index in [2.05, 4.69) is 35.4 Å². The highest BCUT2D eigenvalue weighted by Gasteiger charge is 2.19. The number of aromatic nitrogens is 2. The molecule has 5 rings (SSSR count). The summed E-state index contributed by atoms with van der Waals surface area (Å²) in [6.07, 6.45) is 2.91. The number of aryl methyl sites for hydroxylation is 2. The molecule has 0 radical (unpaired) electrons. The molecule has 1 aromatic heterocycles. The van der Waals surface area contributed by atoms with Crippen LogP contribution in [-0.4, -0.2) is 34.2 Å². The molecule has 3 aromatic carbocycles. The van der Waals surface area contributed by atoms with Crippen molar-refractivity contribution in [2.75, 3.05) is 13.7 Å². The molecule has 0 saturated heterocycles. The van der Waals surface area contributed by atoms with Gasteiger partial charge in [0.25, 0.3) is 5.91 Å². The second-order valence-corrected chi connectivity index (χ2v) is 8.20. The quantitative estimate of drug-likeness (QED) is 0.487. The predicted molar refractivity (Wildman–Crippen MR) is 122 cm³/mol. The minimum Gasteiger partial charge on any atom is -0.493 e. The number of carbonyl (C=O) groups excluding carboxylic acids is 1. The largest absolute Gasteiger partial charge is 0.493 e. The highest BCUT2D eigenvalue weighted by molar-refractivity contribution is 6.10. The van der Waals surface area contributed by atoms with Crippen LogP contribution in [0.15, 0.2) is 60.8 Å². The number of nitrogens with zero attached hydrogens (tertiary/aromatic N) is 3. The zero-order valence-corrected chi connectivity index (χ0v) is 18.1. The van der Waals surface area contributed by atoms with Gasteiger partial charge in [0, 0.05) is 44.4 Å². The van der Waals surface area contributed by atoms with Crippen LogP contribution in [0.3, 0.4) is 0 Å². The van der Waals surface area contributed by atoms with Crippen LogP contribution in [0, 0.1) is 6.92 Å². The summed E-state index contributed by atoms with van der Waals surface area (Å²) in [5.41, 5.74) is 6.25. The fourth-order valence-electron chi connectivity index (χ4n) is 4.44. The Hall–Kier alpha value is -3.60. The molecule has 0 bridgehead atoms. The molecule has 4 aromatic rings. The minimum absolute atomic E-state index is 0.00774. The smallest absolute Gasteiger partial charge is 0.254 e. The molecule has 0 unspecified atom stereocenters. The van der Waals surface area contributed by atoms with Crippen molar-refractivity contribution in [3.05, 3.63) is 83.2 Å². The van der Waals surface area contributed by atoms with Crippen molar-refractivity contribution in [2.45, 2.75) is 19.9 Å². The SMILES string of the molecule is Cc1nn(C)cc1CN(C)C(=O)c1cccc2c(-c3ccc4c(c3)CCO4)cccc12. The van der Waals surface area contributed by atoms with Crippen LogP contribution in [0.1, 0.15) is 27.2 Å². The van der Waals surface area contributed by atoms with Gasteiger partial charge >= 0.3 is 0 Å². The Morgan fingerprint density at radius 3 is 2.74 bits per heavy atom. The van der Waals surface area contributed by atoms with E-state index < -0.39 is 0 Å². The minimum atomic E-state index is 0.00774. The molecule has 5 heteroatoms. The number of hydrogen-bond acceptors (Lipinski definition) is 3. The van der Waals surface area contributed by atoms with E-state index in [-0.39, 0.29) is 5.91 Å². The van der Waals surface area contributed by atoms with Crippen LogP contribution in [0.4, 0.5) is 0 Å². The number of rotatable bonds is 4. The number of fused-ring (bicyclic) bond motifs is 2. The molecule has 0 spiro atoms. The summed E-state index contributed by atoms with van der Waals surface area (Å²) < 4.78 is 7.44. The van der Waals surface area contributed by atoms with Gasteiger partial charge in [-0.15, -0.1) is 0 Å². The molecule has 0 fully saturated rings. The van der Waals surface area contributed by atoms with E-state index in [1.165, 1.54) is 5.56 Å². The van der Waals surface area contributed by atoms with E-state index in [4.69, 9.17) is 4.74 Å². The highest BCUT2D eigenvalue weighted by atomic mass is 16.5. The average molecular weight is 412 g/mol.